The molecule has 0 atom stereocenters. The quantitative estimate of drug-likeness (QED) is 0.821. The van der Waals surface area contributed by atoms with E-state index in [4.69, 9.17) is 10.4 Å². The van der Waals surface area contributed by atoms with Gasteiger partial charge in [-0.05, 0) is 25.0 Å². The van der Waals surface area contributed by atoms with Crippen molar-refractivity contribution >= 4 is 16.0 Å². The molecule has 1 aliphatic carbocycles. The van der Waals surface area contributed by atoms with Crippen LogP contribution in [0.1, 0.15) is 25.0 Å². The van der Waals surface area contributed by atoms with Crippen LogP contribution in [0.15, 0.2) is 23.2 Å². The fourth-order valence-electron chi connectivity index (χ4n) is 1.88. The molecule has 106 valence electrons. The number of carboxylic acid groups (broad SMARTS) is 1. The summed E-state index contributed by atoms with van der Waals surface area (Å²) >= 11 is 0. The lowest BCUT2D eigenvalue weighted by Crippen LogP contribution is -2.35. The Morgan fingerprint density at radius 3 is 2.80 bits per heavy atom. The smallest absolute Gasteiger partial charge is 0.304 e. The number of aliphatic carboxylic acids is 1. The third-order valence-electron chi connectivity index (χ3n) is 2.96. The Balaban J connectivity index is 2.35. The number of carboxylic acids is 1. The Labute approximate surface area is 116 Å². The Bertz CT molecular complexity index is 662. The summed E-state index contributed by atoms with van der Waals surface area (Å²) in [6, 6.07) is 4.33. The molecule has 0 aromatic carbocycles. The van der Waals surface area contributed by atoms with Crippen LogP contribution in [0, 0.1) is 11.3 Å². The molecule has 1 aromatic rings. The standard InChI is InChI=1S/C12H13N3O4S/c13-8-10-11(2-1-6-14-10)20(18,19)15(9-3-4-9)7-5-12(16)17/h1-2,6,9H,3-5,7H2,(H,16,17). The zero-order chi connectivity index (χ0) is 14.8. The highest BCUT2D eigenvalue weighted by molar-refractivity contribution is 7.89. The van der Waals surface area contributed by atoms with Crippen molar-refractivity contribution in [2.45, 2.75) is 30.2 Å². The fourth-order valence-corrected chi connectivity index (χ4v) is 3.66. The van der Waals surface area contributed by atoms with Gasteiger partial charge in [-0.1, -0.05) is 0 Å². The van der Waals surface area contributed by atoms with Crippen molar-refractivity contribution in [3.05, 3.63) is 24.0 Å². The van der Waals surface area contributed by atoms with E-state index in [-0.39, 0.29) is 29.6 Å². The molecule has 20 heavy (non-hydrogen) atoms. The van der Waals surface area contributed by atoms with Crippen LogP contribution in [0.5, 0.6) is 0 Å². The molecule has 1 fully saturated rings. The van der Waals surface area contributed by atoms with Gasteiger partial charge in [0.15, 0.2) is 5.69 Å². The van der Waals surface area contributed by atoms with Crippen molar-refractivity contribution in [2.75, 3.05) is 6.54 Å². The van der Waals surface area contributed by atoms with Gasteiger partial charge >= 0.3 is 5.97 Å². The number of carbonyl (C=O) groups is 1. The first kappa shape index (κ1) is 14.4. The second kappa shape index (κ2) is 5.56. The molecule has 0 aliphatic heterocycles. The van der Waals surface area contributed by atoms with Crippen molar-refractivity contribution in [3.63, 3.8) is 0 Å². The van der Waals surface area contributed by atoms with Crippen LogP contribution < -0.4 is 0 Å². The monoisotopic (exact) mass is 295 g/mol. The fraction of sp³-hybridized carbons (Fsp3) is 0.417. The van der Waals surface area contributed by atoms with Crippen LogP contribution in [0.2, 0.25) is 0 Å². The first-order chi connectivity index (χ1) is 9.46. The number of nitrogens with zero attached hydrogens (tertiary/aromatic N) is 3. The molecule has 0 unspecified atom stereocenters. The summed E-state index contributed by atoms with van der Waals surface area (Å²) in [5.74, 6) is -1.06. The summed E-state index contributed by atoms with van der Waals surface area (Å²) in [5, 5.41) is 17.7. The molecule has 8 heteroatoms. The number of pyridine rings is 1. The maximum Gasteiger partial charge on any atom is 0.304 e. The Kier molecular flexibility index (Phi) is 4.01. The number of hydrogen-bond donors (Lipinski definition) is 1. The molecule has 1 saturated carbocycles. The van der Waals surface area contributed by atoms with Gasteiger partial charge in [0.05, 0.1) is 6.42 Å². The topological polar surface area (TPSA) is 111 Å². The molecule has 1 aliphatic rings. The van der Waals surface area contributed by atoms with Crippen LogP contribution in [-0.2, 0) is 14.8 Å². The molecule has 1 aromatic heterocycles. The lowest BCUT2D eigenvalue weighted by Gasteiger charge is -2.21. The Hall–Kier alpha value is -1.98. The molecular weight excluding hydrogens is 282 g/mol. The van der Waals surface area contributed by atoms with E-state index in [0.717, 1.165) is 0 Å². The predicted molar refractivity (Wildman–Crippen MR) is 68.1 cm³/mol. The van der Waals surface area contributed by atoms with Crippen LogP contribution >= 0.6 is 0 Å². The molecule has 0 bridgehead atoms. The van der Waals surface area contributed by atoms with Gasteiger partial charge in [0.25, 0.3) is 0 Å². The maximum absolute atomic E-state index is 12.5. The number of hydrogen-bond acceptors (Lipinski definition) is 5. The largest absolute Gasteiger partial charge is 0.481 e. The van der Waals surface area contributed by atoms with Crippen molar-refractivity contribution in [1.82, 2.24) is 9.29 Å². The van der Waals surface area contributed by atoms with Crippen molar-refractivity contribution in [3.8, 4) is 6.07 Å². The maximum atomic E-state index is 12.5. The lowest BCUT2D eigenvalue weighted by atomic mass is 10.4. The van der Waals surface area contributed by atoms with Gasteiger partial charge in [-0.15, -0.1) is 0 Å². The minimum atomic E-state index is -3.89. The number of nitriles is 1. The predicted octanol–water partition coefficient (Wildman–Crippen LogP) is 0.581. The highest BCUT2D eigenvalue weighted by Crippen LogP contribution is 2.32. The van der Waals surface area contributed by atoms with Crippen molar-refractivity contribution in [1.29, 1.82) is 5.26 Å². The average molecular weight is 295 g/mol. The van der Waals surface area contributed by atoms with Crippen molar-refractivity contribution in [2.24, 2.45) is 0 Å². The molecule has 2 rings (SSSR count). The van der Waals surface area contributed by atoms with Crippen LogP contribution in [0.25, 0.3) is 0 Å². The minimum absolute atomic E-state index is 0.0951. The summed E-state index contributed by atoms with van der Waals surface area (Å²) in [6.45, 7) is -0.0951. The number of rotatable bonds is 6. The van der Waals surface area contributed by atoms with E-state index >= 15 is 0 Å². The summed E-state index contributed by atoms with van der Waals surface area (Å²) in [4.78, 5) is 14.2. The van der Waals surface area contributed by atoms with E-state index in [0.29, 0.717) is 12.8 Å². The molecule has 0 spiro atoms. The van der Waals surface area contributed by atoms with Gasteiger partial charge < -0.3 is 5.11 Å². The SMILES string of the molecule is N#Cc1ncccc1S(=O)(=O)N(CCC(=O)O)C1CC1. The highest BCUT2D eigenvalue weighted by atomic mass is 32.2. The normalized spacial score (nSPS) is 15.0. The number of aromatic nitrogens is 1. The summed E-state index contributed by atoms with van der Waals surface area (Å²) in [5.41, 5.74) is -0.173. The number of sulfonamides is 1. The van der Waals surface area contributed by atoms with Crippen LogP contribution in [0.3, 0.4) is 0 Å². The van der Waals surface area contributed by atoms with E-state index in [2.05, 4.69) is 4.98 Å². The summed E-state index contributed by atoms with van der Waals surface area (Å²) < 4.78 is 26.3. The van der Waals surface area contributed by atoms with Gasteiger partial charge in [0, 0.05) is 18.8 Å². The third-order valence-corrected chi connectivity index (χ3v) is 4.95. The molecule has 0 radical (unpaired) electrons. The van der Waals surface area contributed by atoms with E-state index in [1.165, 1.54) is 22.6 Å². The lowest BCUT2D eigenvalue weighted by molar-refractivity contribution is -0.137. The van der Waals surface area contributed by atoms with E-state index < -0.39 is 16.0 Å². The molecular formula is C12H13N3O4S. The molecule has 7 nitrogen and oxygen atoms in total. The van der Waals surface area contributed by atoms with E-state index in [9.17, 15) is 13.2 Å². The molecule has 0 saturated heterocycles. The molecule has 0 amide bonds. The second-order valence-electron chi connectivity index (χ2n) is 4.45. The first-order valence-corrected chi connectivity index (χ1v) is 7.49. The Morgan fingerprint density at radius 2 is 2.25 bits per heavy atom. The van der Waals surface area contributed by atoms with Crippen LogP contribution in [0.4, 0.5) is 0 Å². The zero-order valence-corrected chi connectivity index (χ0v) is 11.4. The molecule has 1 heterocycles. The van der Waals surface area contributed by atoms with Gasteiger partial charge in [0.1, 0.15) is 11.0 Å². The van der Waals surface area contributed by atoms with Gasteiger partial charge in [-0.2, -0.15) is 9.57 Å². The second-order valence-corrected chi connectivity index (χ2v) is 6.31. The highest BCUT2D eigenvalue weighted by Gasteiger charge is 2.39. The minimum Gasteiger partial charge on any atom is -0.481 e. The van der Waals surface area contributed by atoms with Crippen molar-refractivity contribution < 1.29 is 18.3 Å². The molecule has 1 N–H and O–H groups in total. The van der Waals surface area contributed by atoms with Gasteiger partial charge in [-0.3, -0.25) is 4.79 Å². The zero-order valence-electron chi connectivity index (χ0n) is 10.6. The van der Waals surface area contributed by atoms with E-state index in [1.54, 1.807) is 6.07 Å². The average Bonchev–Trinajstić information content (AvgIpc) is 3.23. The summed E-state index contributed by atoms with van der Waals surface area (Å²) in [7, 11) is -3.89. The third kappa shape index (κ3) is 2.95. The summed E-state index contributed by atoms with van der Waals surface area (Å²) in [6.07, 6.45) is 2.50. The van der Waals surface area contributed by atoms with Gasteiger partial charge in [-0.25, -0.2) is 13.4 Å². The van der Waals surface area contributed by atoms with Gasteiger partial charge in [0.2, 0.25) is 10.0 Å². The Morgan fingerprint density at radius 1 is 1.55 bits per heavy atom. The van der Waals surface area contributed by atoms with Crippen LogP contribution in [-0.4, -0.2) is 41.4 Å². The van der Waals surface area contributed by atoms with E-state index in [1.807, 2.05) is 0 Å². The first-order valence-electron chi connectivity index (χ1n) is 6.05.